The third-order valence-electron chi connectivity index (χ3n) is 3.69. The Kier molecular flexibility index (Phi) is 3.68. The van der Waals surface area contributed by atoms with Crippen molar-refractivity contribution in [3.63, 3.8) is 0 Å². The fourth-order valence-corrected chi connectivity index (χ4v) is 2.57. The van der Waals surface area contributed by atoms with Gasteiger partial charge in [0.15, 0.2) is 5.65 Å². The molecule has 0 bridgehead atoms. The van der Waals surface area contributed by atoms with Crippen LogP contribution < -0.4 is 0 Å². The van der Waals surface area contributed by atoms with Gasteiger partial charge in [0.25, 0.3) is 0 Å². The van der Waals surface area contributed by atoms with Gasteiger partial charge >= 0.3 is 0 Å². The second kappa shape index (κ2) is 5.45. The van der Waals surface area contributed by atoms with Crippen LogP contribution in [0, 0.1) is 0 Å². The minimum Gasteiger partial charge on any atom is -0.304 e. The Morgan fingerprint density at radius 3 is 2.79 bits per heavy atom. The first-order valence-corrected chi connectivity index (χ1v) is 7.00. The molecule has 102 valence electrons. The highest BCUT2D eigenvalue weighted by Gasteiger charge is 2.14. The van der Waals surface area contributed by atoms with Crippen LogP contribution in [0.2, 0.25) is 5.02 Å². The van der Waals surface area contributed by atoms with Gasteiger partial charge in [-0.1, -0.05) is 11.6 Å². The molecule has 1 fully saturated rings. The topological polar surface area (TPSA) is 36.7 Å². The van der Waals surface area contributed by atoms with Crippen molar-refractivity contribution in [3.8, 4) is 0 Å². The maximum atomic E-state index is 5.95. The minimum atomic E-state index is 0.700. The average Bonchev–Trinajstić information content (AvgIpc) is 2.80. The molecule has 1 aliphatic heterocycles. The van der Waals surface area contributed by atoms with Crippen LogP contribution in [0.5, 0.6) is 0 Å². The zero-order chi connectivity index (χ0) is 13.2. The van der Waals surface area contributed by atoms with Crippen molar-refractivity contribution >= 4 is 17.2 Å². The lowest BCUT2D eigenvalue weighted by molar-refractivity contribution is 0.155. The molecule has 6 heteroatoms. The minimum absolute atomic E-state index is 0.700. The second-order valence-electron chi connectivity index (χ2n) is 5.08. The van der Waals surface area contributed by atoms with Gasteiger partial charge in [0.2, 0.25) is 0 Å². The van der Waals surface area contributed by atoms with Crippen molar-refractivity contribution in [1.82, 2.24) is 24.4 Å². The van der Waals surface area contributed by atoms with Crippen LogP contribution in [0.3, 0.4) is 0 Å². The van der Waals surface area contributed by atoms with E-state index in [1.807, 2.05) is 22.7 Å². The van der Waals surface area contributed by atoms with Crippen LogP contribution in [0.4, 0.5) is 0 Å². The first kappa shape index (κ1) is 12.8. The summed E-state index contributed by atoms with van der Waals surface area (Å²) in [6, 6.07) is 3.71. The van der Waals surface area contributed by atoms with Gasteiger partial charge in [0, 0.05) is 56.4 Å². The van der Waals surface area contributed by atoms with E-state index in [0.717, 1.165) is 50.6 Å². The molecule has 5 nitrogen and oxygen atoms in total. The fraction of sp³-hybridized carbons (Fsp3) is 0.538. The summed E-state index contributed by atoms with van der Waals surface area (Å²) in [4.78, 5) is 4.85. The predicted octanol–water partition coefficient (Wildman–Crippen LogP) is 1.17. The molecule has 0 N–H and O–H groups in total. The van der Waals surface area contributed by atoms with Gasteiger partial charge in [-0.05, 0) is 13.1 Å². The molecule has 0 saturated carbocycles. The SMILES string of the molecule is CN1CCN(CCc2nnc3cc(Cl)ccn23)CC1. The highest BCUT2D eigenvalue weighted by Crippen LogP contribution is 2.12. The Bertz CT molecular complexity index is 559. The summed E-state index contributed by atoms with van der Waals surface area (Å²) >= 11 is 5.95. The summed E-state index contributed by atoms with van der Waals surface area (Å²) in [6.45, 7) is 5.61. The molecular weight excluding hydrogens is 262 g/mol. The normalized spacial score (nSPS) is 18.2. The van der Waals surface area contributed by atoms with Gasteiger partial charge in [-0.3, -0.25) is 4.40 Å². The van der Waals surface area contributed by atoms with E-state index in [4.69, 9.17) is 11.6 Å². The lowest BCUT2D eigenvalue weighted by atomic mass is 10.3. The van der Waals surface area contributed by atoms with Gasteiger partial charge < -0.3 is 9.80 Å². The molecule has 1 saturated heterocycles. The largest absolute Gasteiger partial charge is 0.304 e. The molecule has 2 aromatic rings. The lowest BCUT2D eigenvalue weighted by Crippen LogP contribution is -2.45. The number of piperazine rings is 1. The first-order valence-electron chi connectivity index (χ1n) is 6.62. The first-order chi connectivity index (χ1) is 9.22. The monoisotopic (exact) mass is 279 g/mol. The molecule has 3 rings (SSSR count). The van der Waals surface area contributed by atoms with E-state index in [1.165, 1.54) is 0 Å². The third kappa shape index (κ3) is 2.88. The van der Waals surface area contributed by atoms with E-state index in [9.17, 15) is 0 Å². The van der Waals surface area contributed by atoms with E-state index < -0.39 is 0 Å². The van der Waals surface area contributed by atoms with Crippen molar-refractivity contribution < 1.29 is 0 Å². The smallest absolute Gasteiger partial charge is 0.162 e. The molecule has 3 heterocycles. The zero-order valence-electron chi connectivity index (χ0n) is 11.1. The number of pyridine rings is 1. The Hall–Kier alpha value is -1.17. The van der Waals surface area contributed by atoms with Crippen LogP contribution in [0.1, 0.15) is 5.82 Å². The molecule has 0 amide bonds. The van der Waals surface area contributed by atoms with Crippen molar-refractivity contribution in [1.29, 1.82) is 0 Å². The number of nitrogens with zero attached hydrogens (tertiary/aromatic N) is 5. The summed E-state index contributed by atoms with van der Waals surface area (Å²) in [5.41, 5.74) is 0.820. The summed E-state index contributed by atoms with van der Waals surface area (Å²) in [5.74, 6) is 1.01. The maximum Gasteiger partial charge on any atom is 0.162 e. The van der Waals surface area contributed by atoms with Crippen molar-refractivity contribution in [2.75, 3.05) is 39.8 Å². The zero-order valence-corrected chi connectivity index (χ0v) is 11.8. The molecule has 2 aromatic heterocycles. The average molecular weight is 280 g/mol. The number of hydrogen-bond donors (Lipinski definition) is 0. The molecule has 1 aliphatic rings. The fourth-order valence-electron chi connectivity index (χ4n) is 2.42. The second-order valence-corrected chi connectivity index (χ2v) is 5.52. The molecule has 0 aromatic carbocycles. The highest BCUT2D eigenvalue weighted by atomic mass is 35.5. The van der Waals surface area contributed by atoms with E-state index >= 15 is 0 Å². The number of fused-ring (bicyclic) bond motifs is 1. The van der Waals surface area contributed by atoms with Gasteiger partial charge in [0.05, 0.1) is 0 Å². The summed E-state index contributed by atoms with van der Waals surface area (Å²) in [5, 5.41) is 9.11. The lowest BCUT2D eigenvalue weighted by Gasteiger charge is -2.32. The molecule has 0 spiro atoms. The Balaban J connectivity index is 1.65. The van der Waals surface area contributed by atoms with E-state index in [0.29, 0.717) is 5.02 Å². The molecule has 0 aliphatic carbocycles. The Labute approximate surface area is 117 Å². The predicted molar refractivity (Wildman–Crippen MR) is 75.6 cm³/mol. The highest BCUT2D eigenvalue weighted by molar-refractivity contribution is 6.30. The van der Waals surface area contributed by atoms with Crippen molar-refractivity contribution in [2.45, 2.75) is 6.42 Å². The molecule has 0 unspecified atom stereocenters. The van der Waals surface area contributed by atoms with E-state index in [1.54, 1.807) is 0 Å². The number of halogens is 1. The number of rotatable bonds is 3. The number of hydrogen-bond acceptors (Lipinski definition) is 4. The number of aromatic nitrogens is 3. The van der Waals surface area contributed by atoms with Gasteiger partial charge in [-0.15, -0.1) is 10.2 Å². The summed E-state index contributed by atoms with van der Waals surface area (Å²) in [6.07, 6.45) is 2.86. The quantitative estimate of drug-likeness (QED) is 0.845. The standard InChI is InChI=1S/C13H18ClN5/c1-17-6-8-18(9-7-17)4-3-12-15-16-13-10-11(14)2-5-19(12)13/h2,5,10H,3-4,6-9H2,1H3. The van der Waals surface area contributed by atoms with Gasteiger partial charge in [-0.25, -0.2) is 0 Å². The van der Waals surface area contributed by atoms with Crippen molar-refractivity contribution in [3.05, 3.63) is 29.2 Å². The van der Waals surface area contributed by atoms with E-state index in [-0.39, 0.29) is 0 Å². The van der Waals surface area contributed by atoms with Gasteiger partial charge in [-0.2, -0.15) is 0 Å². The molecular formula is C13H18ClN5. The summed E-state index contributed by atoms with van der Waals surface area (Å²) in [7, 11) is 2.17. The molecule has 19 heavy (non-hydrogen) atoms. The number of likely N-dealkylation sites (N-methyl/N-ethyl adjacent to an activating group) is 1. The van der Waals surface area contributed by atoms with Crippen LogP contribution in [-0.4, -0.2) is 64.2 Å². The third-order valence-corrected chi connectivity index (χ3v) is 3.93. The van der Waals surface area contributed by atoms with Crippen LogP contribution >= 0.6 is 11.6 Å². The Morgan fingerprint density at radius 2 is 2.00 bits per heavy atom. The summed E-state index contributed by atoms with van der Waals surface area (Å²) < 4.78 is 2.02. The van der Waals surface area contributed by atoms with E-state index in [2.05, 4.69) is 27.0 Å². The van der Waals surface area contributed by atoms with Crippen molar-refractivity contribution in [2.24, 2.45) is 0 Å². The molecule has 0 radical (unpaired) electrons. The van der Waals surface area contributed by atoms with Crippen LogP contribution in [0.25, 0.3) is 5.65 Å². The maximum absolute atomic E-state index is 5.95. The molecule has 0 atom stereocenters. The van der Waals surface area contributed by atoms with Crippen LogP contribution in [0.15, 0.2) is 18.3 Å². The van der Waals surface area contributed by atoms with Crippen LogP contribution in [-0.2, 0) is 6.42 Å². The Morgan fingerprint density at radius 1 is 1.21 bits per heavy atom. The van der Waals surface area contributed by atoms with Gasteiger partial charge in [0.1, 0.15) is 5.82 Å².